The van der Waals surface area contributed by atoms with Gasteiger partial charge in [0.1, 0.15) is 5.82 Å². The van der Waals surface area contributed by atoms with Crippen molar-refractivity contribution in [1.82, 2.24) is 0 Å². The first-order valence-electron chi connectivity index (χ1n) is 7.37. The molecule has 0 aliphatic heterocycles. The van der Waals surface area contributed by atoms with Gasteiger partial charge in [-0.1, -0.05) is 18.5 Å². The summed E-state index contributed by atoms with van der Waals surface area (Å²) in [5.74, 6) is 0.793. The van der Waals surface area contributed by atoms with Crippen molar-refractivity contribution in [2.24, 2.45) is 4.99 Å². The highest BCUT2D eigenvalue weighted by Gasteiger charge is 2.13. The highest BCUT2D eigenvalue weighted by atomic mass is 35.5. The average molecular weight is 336 g/mol. The van der Waals surface area contributed by atoms with Gasteiger partial charge in [-0.3, -0.25) is 4.99 Å². The van der Waals surface area contributed by atoms with Crippen LogP contribution in [0.4, 0.5) is 10.1 Å². The molecule has 122 valence electrons. The maximum Gasteiger partial charge on any atom is 0.180 e. The molecule has 23 heavy (non-hydrogen) atoms. The van der Waals surface area contributed by atoms with Crippen molar-refractivity contribution in [3.05, 3.63) is 52.8 Å². The fraction of sp³-hybridized carbons (Fsp3) is 0.278. The number of hydrogen-bond donors (Lipinski definition) is 0. The second-order valence-corrected chi connectivity index (χ2v) is 5.51. The van der Waals surface area contributed by atoms with E-state index >= 15 is 0 Å². The Labute approximate surface area is 140 Å². The molecule has 5 heteroatoms. The average Bonchev–Trinajstić information content (AvgIpc) is 2.56. The van der Waals surface area contributed by atoms with E-state index in [1.54, 1.807) is 37.6 Å². The van der Waals surface area contributed by atoms with Gasteiger partial charge in [-0.2, -0.15) is 0 Å². The zero-order chi connectivity index (χ0) is 16.8. The molecule has 0 aliphatic carbocycles. The van der Waals surface area contributed by atoms with Crippen LogP contribution in [0.5, 0.6) is 11.5 Å². The first-order chi connectivity index (χ1) is 11.0. The van der Waals surface area contributed by atoms with Crippen molar-refractivity contribution in [3.8, 4) is 11.5 Å². The normalized spacial score (nSPS) is 12.4. The summed E-state index contributed by atoms with van der Waals surface area (Å²) < 4.78 is 24.0. The number of hydrogen-bond acceptors (Lipinski definition) is 3. The summed E-state index contributed by atoms with van der Waals surface area (Å²) in [7, 11) is 1.57. The van der Waals surface area contributed by atoms with Crippen LogP contribution in [0, 0.1) is 5.82 Å². The fourth-order valence-corrected chi connectivity index (χ4v) is 2.15. The Morgan fingerprint density at radius 2 is 1.96 bits per heavy atom. The van der Waals surface area contributed by atoms with E-state index in [1.807, 2.05) is 13.8 Å². The lowest BCUT2D eigenvalue weighted by atomic mass is 10.2. The molecule has 0 saturated heterocycles. The molecule has 1 atom stereocenters. The van der Waals surface area contributed by atoms with Crippen LogP contribution in [0.1, 0.15) is 25.8 Å². The zero-order valence-corrected chi connectivity index (χ0v) is 14.1. The standard InChI is InChI=1S/C18H19ClFNO2/c1-4-12(2)23-18-16(19)9-13(10-17(18)22-3)11-21-15-7-5-14(20)6-8-15/h5-12H,4H2,1-3H3/t12-/m0/s1. The lowest BCUT2D eigenvalue weighted by Crippen LogP contribution is -2.11. The highest BCUT2D eigenvalue weighted by Crippen LogP contribution is 2.37. The summed E-state index contributed by atoms with van der Waals surface area (Å²) in [6.07, 6.45) is 2.56. The largest absolute Gasteiger partial charge is 0.493 e. The van der Waals surface area contributed by atoms with E-state index < -0.39 is 0 Å². The van der Waals surface area contributed by atoms with Crippen LogP contribution in [-0.4, -0.2) is 19.4 Å². The van der Waals surface area contributed by atoms with Gasteiger partial charge in [0.25, 0.3) is 0 Å². The van der Waals surface area contributed by atoms with E-state index in [1.165, 1.54) is 12.1 Å². The van der Waals surface area contributed by atoms with E-state index in [0.29, 0.717) is 22.2 Å². The molecule has 3 nitrogen and oxygen atoms in total. The first-order valence-corrected chi connectivity index (χ1v) is 7.75. The number of rotatable bonds is 6. The van der Waals surface area contributed by atoms with Crippen LogP contribution in [0.2, 0.25) is 5.02 Å². The molecular formula is C18H19ClFNO2. The summed E-state index contributed by atoms with van der Waals surface area (Å²) in [6, 6.07) is 9.49. The van der Waals surface area contributed by atoms with Crippen LogP contribution in [0.25, 0.3) is 0 Å². The third-order valence-corrected chi connectivity index (χ3v) is 3.62. The quantitative estimate of drug-likeness (QED) is 0.660. The van der Waals surface area contributed by atoms with Gasteiger partial charge < -0.3 is 9.47 Å². The third kappa shape index (κ3) is 4.70. The van der Waals surface area contributed by atoms with Gasteiger partial charge in [0.05, 0.1) is 23.9 Å². The van der Waals surface area contributed by atoms with Crippen LogP contribution in [0.15, 0.2) is 41.4 Å². The summed E-state index contributed by atoms with van der Waals surface area (Å²) in [4.78, 5) is 4.29. The van der Waals surface area contributed by atoms with Gasteiger partial charge in [-0.05, 0) is 55.3 Å². The topological polar surface area (TPSA) is 30.8 Å². The van der Waals surface area contributed by atoms with Gasteiger partial charge >= 0.3 is 0 Å². The third-order valence-electron chi connectivity index (χ3n) is 3.34. The van der Waals surface area contributed by atoms with E-state index in [0.717, 1.165) is 12.0 Å². The van der Waals surface area contributed by atoms with Crippen LogP contribution >= 0.6 is 11.6 Å². The lowest BCUT2D eigenvalue weighted by Gasteiger charge is -2.17. The predicted octanol–water partition coefficient (Wildman–Crippen LogP) is 5.42. The van der Waals surface area contributed by atoms with Gasteiger partial charge in [-0.15, -0.1) is 0 Å². The second-order valence-electron chi connectivity index (χ2n) is 5.11. The molecule has 0 aromatic heterocycles. The molecule has 2 aromatic carbocycles. The minimum Gasteiger partial charge on any atom is -0.493 e. The zero-order valence-electron chi connectivity index (χ0n) is 13.3. The summed E-state index contributed by atoms with van der Waals surface area (Å²) >= 11 is 6.30. The number of methoxy groups -OCH3 is 1. The Balaban J connectivity index is 2.26. The molecule has 0 amide bonds. The summed E-state index contributed by atoms with van der Waals surface area (Å²) in [5, 5.41) is 0.463. The lowest BCUT2D eigenvalue weighted by molar-refractivity contribution is 0.208. The van der Waals surface area contributed by atoms with Crippen molar-refractivity contribution in [3.63, 3.8) is 0 Å². The Kier molecular flexibility index (Phi) is 5.99. The SMILES string of the molecule is CC[C@H](C)Oc1c(Cl)cc(C=Nc2ccc(F)cc2)cc1OC. The highest BCUT2D eigenvalue weighted by molar-refractivity contribution is 6.32. The molecule has 0 fully saturated rings. The van der Waals surface area contributed by atoms with Crippen molar-refractivity contribution < 1.29 is 13.9 Å². The number of nitrogens with zero attached hydrogens (tertiary/aromatic N) is 1. The van der Waals surface area contributed by atoms with Gasteiger partial charge in [0, 0.05) is 6.21 Å². The molecule has 0 unspecified atom stereocenters. The molecule has 0 aliphatic rings. The van der Waals surface area contributed by atoms with Crippen molar-refractivity contribution in [1.29, 1.82) is 0 Å². The molecule has 0 saturated carbocycles. The molecule has 0 bridgehead atoms. The van der Waals surface area contributed by atoms with E-state index in [2.05, 4.69) is 4.99 Å². The minimum absolute atomic E-state index is 0.0418. The van der Waals surface area contributed by atoms with Crippen LogP contribution in [-0.2, 0) is 0 Å². The monoisotopic (exact) mass is 335 g/mol. The molecule has 0 radical (unpaired) electrons. The molecule has 0 N–H and O–H groups in total. The number of ether oxygens (including phenoxy) is 2. The van der Waals surface area contributed by atoms with E-state index in [9.17, 15) is 4.39 Å². The Bertz CT molecular complexity index is 686. The predicted molar refractivity (Wildman–Crippen MR) is 92.0 cm³/mol. The maximum atomic E-state index is 12.9. The van der Waals surface area contributed by atoms with Gasteiger partial charge in [0.2, 0.25) is 0 Å². The van der Waals surface area contributed by atoms with Crippen LogP contribution in [0.3, 0.4) is 0 Å². The van der Waals surface area contributed by atoms with Crippen LogP contribution < -0.4 is 9.47 Å². The Morgan fingerprint density at radius 3 is 2.57 bits per heavy atom. The Morgan fingerprint density at radius 1 is 1.26 bits per heavy atom. The number of aliphatic imine (C=N–C) groups is 1. The number of benzene rings is 2. The Hall–Kier alpha value is -2.07. The second kappa shape index (κ2) is 7.97. The first kappa shape index (κ1) is 17.3. The van der Waals surface area contributed by atoms with Gasteiger partial charge in [-0.25, -0.2) is 4.39 Å². The molecule has 2 rings (SSSR count). The maximum absolute atomic E-state index is 12.9. The molecule has 2 aromatic rings. The molecule has 0 spiro atoms. The van der Waals surface area contributed by atoms with E-state index in [-0.39, 0.29) is 11.9 Å². The summed E-state index contributed by atoms with van der Waals surface area (Å²) in [6.45, 7) is 4.01. The van der Waals surface area contributed by atoms with Gasteiger partial charge in [0.15, 0.2) is 11.5 Å². The molecular weight excluding hydrogens is 317 g/mol. The summed E-state index contributed by atoms with van der Waals surface area (Å²) in [5.41, 5.74) is 1.43. The van der Waals surface area contributed by atoms with E-state index in [4.69, 9.17) is 21.1 Å². The van der Waals surface area contributed by atoms with Crippen molar-refractivity contribution >= 4 is 23.5 Å². The van der Waals surface area contributed by atoms with Crippen molar-refractivity contribution in [2.75, 3.05) is 7.11 Å². The molecule has 0 heterocycles. The van der Waals surface area contributed by atoms with Crippen molar-refractivity contribution in [2.45, 2.75) is 26.4 Å². The number of halogens is 2. The smallest absolute Gasteiger partial charge is 0.180 e. The fourth-order valence-electron chi connectivity index (χ4n) is 1.89. The minimum atomic E-state index is -0.291.